The van der Waals surface area contributed by atoms with Crippen LogP contribution >= 0.6 is 11.3 Å². The summed E-state index contributed by atoms with van der Waals surface area (Å²) in [5.74, 6) is 0. The van der Waals surface area contributed by atoms with Crippen LogP contribution in [0.4, 0.5) is 11.4 Å². The van der Waals surface area contributed by atoms with E-state index in [1.807, 2.05) is 19.1 Å². The number of nitrogen functional groups attached to an aromatic ring is 1. The molecule has 3 rings (SSSR count). The third-order valence-corrected chi connectivity index (χ3v) is 4.85. The Morgan fingerprint density at radius 1 is 1.47 bits per heavy atom. The van der Waals surface area contributed by atoms with Crippen molar-refractivity contribution in [2.45, 2.75) is 26.2 Å². The molecule has 0 aliphatic heterocycles. The van der Waals surface area contributed by atoms with E-state index in [1.165, 1.54) is 12.8 Å². The molecule has 0 unspecified atom stereocenters. The Bertz CT molecular complexity index is 604. The maximum Gasteiger partial charge on any atom is 0.0907 e. The summed E-state index contributed by atoms with van der Waals surface area (Å²) in [7, 11) is 0. The summed E-state index contributed by atoms with van der Waals surface area (Å²) >= 11 is 1.67. The van der Waals surface area contributed by atoms with E-state index < -0.39 is 0 Å². The first kappa shape index (κ1) is 12.7. The molecule has 1 aromatic heterocycles. The van der Waals surface area contributed by atoms with Crippen LogP contribution in [-0.4, -0.2) is 23.2 Å². The molecule has 1 aliphatic carbocycles. The second kappa shape index (κ2) is 4.65. The van der Waals surface area contributed by atoms with Gasteiger partial charge in [-0.05, 0) is 43.7 Å². The van der Waals surface area contributed by atoms with Crippen LogP contribution in [0.3, 0.4) is 0 Å². The van der Waals surface area contributed by atoms with E-state index in [-0.39, 0.29) is 12.0 Å². The van der Waals surface area contributed by atoms with Crippen molar-refractivity contribution in [2.24, 2.45) is 5.41 Å². The molecular weight excluding hydrogens is 258 g/mol. The number of nitrogens with one attached hydrogen (secondary N) is 1. The number of hydrogen-bond acceptors (Lipinski definition) is 5. The van der Waals surface area contributed by atoms with Crippen molar-refractivity contribution >= 4 is 32.9 Å². The van der Waals surface area contributed by atoms with E-state index in [0.29, 0.717) is 0 Å². The third-order valence-electron chi connectivity index (χ3n) is 3.92. The fourth-order valence-corrected chi connectivity index (χ4v) is 3.33. The molecule has 1 fully saturated rings. The zero-order valence-corrected chi connectivity index (χ0v) is 11.9. The van der Waals surface area contributed by atoms with Gasteiger partial charge in [0.15, 0.2) is 0 Å². The SMILES string of the molecule is Cc1nc2cc(NCC3(CCO)CC3)c(N)cc2s1. The van der Waals surface area contributed by atoms with Crippen LogP contribution in [0.25, 0.3) is 10.2 Å². The molecule has 1 heterocycles. The van der Waals surface area contributed by atoms with E-state index in [0.717, 1.165) is 39.6 Å². The second-order valence-corrected chi connectivity index (χ2v) is 6.70. The average Bonchev–Trinajstić information content (AvgIpc) is 3.02. The molecule has 1 saturated carbocycles. The van der Waals surface area contributed by atoms with E-state index in [1.54, 1.807) is 11.3 Å². The molecule has 1 aliphatic rings. The van der Waals surface area contributed by atoms with Gasteiger partial charge in [0.25, 0.3) is 0 Å². The lowest BCUT2D eigenvalue weighted by Crippen LogP contribution is -2.17. The van der Waals surface area contributed by atoms with Crippen molar-refractivity contribution in [3.8, 4) is 0 Å². The smallest absolute Gasteiger partial charge is 0.0907 e. The zero-order chi connectivity index (χ0) is 13.5. The number of thiazole rings is 1. The number of aliphatic hydroxyl groups is 1. The van der Waals surface area contributed by atoms with Crippen LogP contribution in [-0.2, 0) is 0 Å². The third kappa shape index (κ3) is 2.53. The van der Waals surface area contributed by atoms with Crippen LogP contribution in [0.5, 0.6) is 0 Å². The van der Waals surface area contributed by atoms with E-state index in [4.69, 9.17) is 10.8 Å². The second-order valence-electron chi connectivity index (χ2n) is 5.47. The highest BCUT2D eigenvalue weighted by Crippen LogP contribution is 2.48. The Hall–Kier alpha value is -1.33. The summed E-state index contributed by atoms with van der Waals surface area (Å²) < 4.78 is 1.14. The summed E-state index contributed by atoms with van der Waals surface area (Å²) in [6.45, 7) is 3.16. The van der Waals surface area contributed by atoms with Crippen molar-refractivity contribution < 1.29 is 5.11 Å². The topological polar surface area (TPSA) is 71.2 Å². The molecule has 0 spiro atoms. The van der Waals surface area contributed by atoms with Crippen molar-refractivity contribution in [3.63, 3.8) is 0 Å². The highest BCUT2D eigenvalue weighted by molar-refractivity contribution is 7.18. The lowest BCUT2D eigenvalue weighted by molar-refractivity contribution is 0.253. The highest BCUT2D eigenvalue weighted by Gasteiger charge is 2.41. The number of nitrogens with two attached hydrogens (primary N) is 1. The molecule has 0 atom stereocenters. The number of fused-ring (bicyclic) bond motifs is 1. The van der Waals surface area contributed by atoms with Crippen LogP contribution in [0.1, 0.15) is 24.3 Å². The number of hydrogen-bond donors (Lipinski definition) is 3. The van der Waals surface area contributed by atoms with Gasteiger partial charge in [-0.15, -0.1) is 11.3 Å². The van der Waals surface area contributed by atoms with Crippen molar-refractivity contribution in [1.29, 1.82) is 0 Å². The average molecular weight is 277 g/mol. The first-order valence-electron chi connectivity index (χ1n) is 6.63. The minimum Gasteiger partial charge on any atom is -0.397 e. The molecule has 19 heavy (non-hydrogen) atoms. The predicted molar refractivity (Wildman–Crippen MR) is 80.6 cm³/mol. The lowest BCUT2D eigenvalue weighted by Gasteiger charge is -2.16. The monoisotopic (exact) mass is 277 g/mol. The number of benzene rings is 1. The summed E-state index contributed by atoms with van der Waals surface area (Å²) in [5, 5.41) is 13.6. The molecule has 2 aromatic rings. The van der Waals surface area contributed by atoms with Gasteiger partial charge in [-0.25, -0.2) is 4.98 Å². The molecule has 5 heteroatoms. The van der Waals surface area contributed by atoms with Crippen molar-refractivity contribution in [3.05, 3.63) is 17.1 Å². The highest BCUT2D eigenvalue weighted by atomic mass is 32.1. The Morgan fingerprint density at radius 3 is 2.95 bits per heavy atom. The Balaban J connectivity index is 1.78. The molecule has 102 valence electrons. The normalized spacial score (nSPS) is 16.7. The Labute approximate surface area is 116 Å². The summed E-state index contributed by atoms with van der Waals surface area (Å²) in [6.07, 6.45) is 3.26. The van der Waals surface area contributed by atoms with E-state index in [9.17, 15) is 0 Å². The number of nitrogens with zero attached hydrogens (tertiary/aromatic N) is 1. The molecule has 0 amide bonds. The van der Waals surface area contributed by atoms with Crippen molar-refractivity contribution in [2.75, 3.05) is 24.2 Å². The van der Waals surface area contributed by atoms with E-state index >= 15 is 0 Å². The molecule has 0 radical (unpaired) electrons. The van der Waals surface area contributed by atoms with Crippen LogP contribution < -0.4 is 11.1 Å². The summed E-state index contributed by atoms with van der Waals surface area (Å²) in [6, 6.07) is 4.02. The summed E-state index contributed by atoms with van der Waals surface area (Å²) in [4.78, 5) is 4.49. The van der Waals surface area contributed by atoms with Crippen LogP contribution in [0.15, 0.2) is 12.1 Å². The first-order chi connectivity index (χ1) is 9.12. The predicted octanol–water partition coefficient (Wildman–Crippen LogP) is 2.76. The van der Waals surface area contributed by atoms with Crippen LogP contribution in [0, 0.1) is 12.3 Å². The van der Waals surface area contributed by atoms with Gasteiger partial charge in [0.2, 0.25) is 0 Å². The number of anilines is 2. The standard InChI is InChI=1S/C14H19N3OS/c1-9-17-12-7-11(10(15)6-13(12)19-9)16-8-14(2-3-14)4-5-18/h6-7,16,18H,2-5,8,15H2,1H3. The maximum absolute atomic E-state index is 9.08. The minimum absolute atomic E-state index is 0.265. The zero-order valence-electron chi connectivity index (χ0n) is 11.1. The van der Waals surface area contributed by atoms with Gasteiger partial charge in [-0.3, -0.25) is 0 Å². The van der Waals surface area contributed by atoms with E-state index in [2.05, 4.69) is 10.3 Å². The van der Waals surface area contributed by atoms with Gasteiger partial charge in [0.05, 0.1) is 26.6 Å². The number of aliphatic hydroxyl groups excluding tert-OH is 1. The van der Waals surface area contributed by atoms with Gasteiger partial charge >= 0.3 is 0 Å². The van der Waals surface area contributed by atoms with Gasteiger partial charge in [-0.2, -0.15) is 0 Å². The number of aryl methyl sites for hydroxylation is 1. The molecule has 0 saturated heterocycles. The van der Waals surface area contributed by atoms with Gasteiger partial charge in [0.1, 0.15) is 0 Å². The quantitative estimate of drug-likeness (QED) is 0.735. The molecular formula is C14H19N3OS. The van der Waals surface area contributed by atoms with Gasteiger partial charge in [-0.1, -0.05) is 0 Å². The number of aromatic nitrogens is 1. The van der Waals surface area contributed by atoms with Crippen LogP contribution in [0.2, 0.25) is 0 Å². The fourth-order valence-electron chi connectivity index (χ4n) is 2.47. The Morgan fingerprint density at radius 2 is 2.26 bits per heavy atom. The molecule has 4 nitrogen and oxygen atoms in total. The Kier molecular flexibility index (Phi) is 3.11. The molecule has 0 bridgehead atoms. The largest absolute Gasteiger partial charge is 0.397 e. The molecule has 4 N–H and O–H groups in total. The number of rotatable bonds is 5. The van der Waals surface area contributed by atoms with Gasteiger partial charge < -0.3 is 16.2 Å². The lowest BCUT2D eigenvalue weighted by atomic mass is 10.0. The first-order valence-corrected chi connectivity index (χ1v) is 7.45. The maximum atomic E-state index is 9.08. The van der Waals surface area contributed by atoms with Gasteiger partial charge in [0, 0.05) is 13.2 Å². The molecule has 1 aromatic carbocycles. The minimum atomic E-state index is 0.265. The summed E-state index contributed by atoms with van der Waals surface area (Å²) in [5.41, 5.74) is 9.11. The van der Waals surface area contributed by atoms with Crippen molar-refractivity contribution in [1.82, 2.24) is 4.98 Å². The fraction of sp³-hybridized carbons (Fsp3) is 0.500.